The van der Waals surface area contributed by atoms with Crippen molar-refractivity contribution in [2.75, 3.05) is 13.6 Å². The predicted molar refractivity (Wildman–Crippen MR) is 79.4 cm³/mol. The molecule has 5 heteroatoms. The number of rotatable bonds is 6. The summed E-state index contributed by atoms with van der Waals surface area (Å²) >= 11 is 2.00. The van der Waals surface area contributed by atoms with E-state index in [0.717, 1.165) is 23.4 Å². The molecule has 4 nitrogen and oxygen atoms in total. The summed E-state index contributed by atoms with van der Waals surface area (Å²) in [6.07, 6.45) is 3.94. The number of hydrogen-bond donors (Lipinski definition) is 3. The summed E-state index contributed by atoms with van der Waals surface area (Å²) in [5, 5.41) is 10.8. The highest BCUT2D eigenvalue weighted by Gasteiger charge is 2.07. The van der Waals surface area contributed by atoms with Gasteiger partial charge in [-0.1, -0.05) is 0 Å². The number of allylic oxidation sites excluding steroid dienone is 3. The van der Waals surface area contributed by atoms with Crippen LogP contribution < -0.4 is 11.1 Å². The number of hydrogen-bond acceptors (Lipinski definition) is 4. The van der Waals surface area contributed by atoms with Crippen LogP contribution in [-0.4, -0.2) is 23.5 Å². The molecule has 4 N–H and O–H groups in total. The third-order valence-corrected chi connectivity index (χ3v) is 2.78. The van der Waals surface area contributed by atoms with E-state index in [1.54, 1.807) is 12.4 Å². The fourth-order valence-corrected chi connectivity index (χ4v) is 1.68. The lowest BCUT2D eigenvalue weighted by molar-refractivity contribution is 0.959. The molecule has 0 aromatic rings. The van der Waals surface area contributed by atoms with Gasteiger partial charge in [0.05, 0.1) is 3.72 Å². The van der Waals surface area contributed by atoms with Crippen LogP contribution in [0, 0.1) is 5.41 Å². The maximum Gasteiger partial charge on any atom is 0.0972 e. The molecule has 0 spiro atoms. The van der Waals surface area contributed by atoms with E-state index >= 15 is 0 Å². The van der Waals surface area contributed by atoms with E-state index in [9.17, 15) is 0 Å². The standard InChI is InChI=1S/C11H19IN4/c1-4-16-7-9(6-13)5-10(11(12)14)8(2)15-3/h6-7,14-15H,4-5,13H2,1-3H3/b9-6?,10-8-,14-11?,16-7?. The van der Waals surface area contributed by atoms with E-state index < -0.39 is 0 Å². The molecule has 0 fully saturated rings. The zero-order valence-electron chi connectivity index (χ0n) is 9.97. The molecule has 0 rings (SSSR count). The molecule has 90 valence electrons. The van der Waals surface area contributed by atoms with Crippen LogP contribution in [0.3, 0.4) is 0 Å². The van der Waals surface area contributed by atoms with Crippen LogP contribution in [0.5, 0.6) is 0 Å². The second-order valence-electron chi connectivity index (χ2n) is 3.21. The lowest BCUT2D eigenvalue weighted by atomic mass is 10.1. The van der Waals surface area contributed by atoms with Gasteiger partial charge in [-0.15, -0.1) is 0 Å². The van der Waals surface area contributed by atoms with Crippen LogP contribution in [0.4, 0.5) is 0 Å². The summed E-state index contributed by atoms with van der Waals surface area (Å²) in [5.41, 5.74) is 8.39. The third kappa shape index (κ3) is 5.29. The molecule has 0 bridgehead atoms. The normalized spacial score (nSPS) is 13.9. The smallest absolute Gasteiger partial charge is 0.0972 e. The minimum absolute atomic E-state index is 0.522. The van der Waals surface area contributed by atoms with Crippen LogP contribution >= 0.6 is 22.6 Å². The quantitative estimate of drug-likeness (QED) is 0.515. The molecule has 0 amide bonds. The van der Waals surface area contributed by atoms with Crippen molar-refractivity contribution in [3.05, 3.63) is 23.0 Å². The average Bonchev–Trinajstić information content (AvgIpc) is 2.28. The fraction of sp³-hybridized carbons (Fsp3) is 0.455. The van der Waals surface area contributed by atoms with E-state index in [1.807, 2.05) is 43.5 Å². The highest BCUT2D eigenvalue weighted by atomic mass is 127. The third-order valence-electron chi connectivity index (χ3n) is 2.13. The van der Waals surface area contributed by atoms with Crippen molar-refractivity contribution in [2.24, 2.45) is 10.7 Å². The molecule has 0 unspecified atom stereocenters. The topological polar surface area (TPSA) is 74.3 Å². The molecule has 0 atom stereocenters. The molecule has 0 aliphatic heterocycles. The van der Waals surface area contributed by atoms with E-state index in [-0.39, 0.29) is 0 Å². The first-order valence-electron chi connectivity index (χ1n) is 5.09. The molecular weight excluding hydrogens is 315 g/mol. The lowest BCUT2D eigenvalue weighted by Gasteiger charge is -2.10. The molecule has 0 aromatic carbocycles. The van der Waals surface area contributed by atoms with Gasteiger partial charge in [0.1, 0.15) is 0 Å². The van der Waals surface area contributed by atoms with Crippen molar-refractivity contribution in [2.45, 2.75) is 20.3 Å². The Labute approximate surface area is 111 Å². The van der Waals surface area contributed by atoms with Gasteiger partial charge in [0.15, 0.2) is 0 Å². The van der Waals surface area contributed by atoms with Crippen molar-refractivity contribution in [1.29, 1.82) is 5.41 Å². The summed E-state index contributed by atoms with van der Waals surface area (Å²) in [4.78, 5) is 4.15. The summed E-state index contributed by atoms with van der Waals surface area (Å²) in [5.74, 6) is 0. The SMILES string of the molecule is CCN=CC(=CN)C/C(C(=N)I)=C(\C)NC. The number of nitrogens with one attached hydrogen (secondary N) is 2. The van der Waals surface area contributed by atoms with Gasteiger partial charge in [-0.25, -0.2) is 0 Å². The van der Waals surface area contributed by atoms with Crippen molar-refractivity contribution < 1.29 is 0 Å². The van der Waals surface area contributed by atoms with Gasteiger partial charge in [0, 0.05) is 37.5 Å². The Morgan fingerprint density at radius 1 is 1.56 bits per heavy atom. The number of aliphatic imine (C=N–C) groups is 1. The predicted octanol–water partition coefficient (Wildman–Crippen LogP) is 2.22. The lowest BCUT2D eigenvalue weighted by Crippen LogP contribution is -2.10. The first-order chi connectivity index (χ1) is 7.56. The van der Waals surface area contributed by atoms with Crippen molar-refractivity contribution >= 4 is 32.5 Å². The van der Waals surface area contributed by atoms with Crippen LogP contribution in [0.2, 0.25) is 0 Å². The number of halogens is 1. The molecule has 0 aliphatic carbocycles. The van der Waals surface area contributed by atoms with Crippen molar-refractivity contribution in [3.63, 3.8) is 0 Å². The molecule has 0 aliphatic rings. The minimum atomic E-state index is 0.522. The monoisotopic (exact) mass is 334 g/mol. The molecule has 16 heavy (non-hydrogen) atoms. The zero-order chi connectivity index (χ0) is 12.6. The van der Waals surface area contributed by atoms with Gasteiger partial charge in [-0.05, 0) is 48.2 Å². The molecule has 0 radical (unpaired) electrons. The van der Waals surface area contributed by atoms with E-state index in [2.05, 4.69) is 10.3 Å². The first kappa shape index (κ1) is 15.2. The second-order valence-corrected chi connectivity index (χ2v) is 4.29. The molecule has 0 saturated carbocycles. The van der Waals surface area contributed by atoms with E-state index in [1.165, 1.54) is 0 Å². The van der Waals surface area contributed by atoms with Crippen LogP contribution in [0.1, 0.15) is 20.3 Å². The fourth-order valence-electron chi connectivity index (χ4n) is 1.09. The Morgan fingerprint density at radius 3 is 2.56 bits per heavy atom. The Hall–Kier alpha value is -0.850. The largest absolute Gasteiger partial charge is 0.404 e. The highest BCUT2D eigenvalue weighted by Crippen LogP contribution is 2.16. The van der Waals surface area contributed by atoms with Crippen LogP contribution in [0.25, 0.3) is 0 Å². The van der Waals surface area contributed by atoms with Gasteiger partial charge in [0.2, 0.25) is 0 Å². The Kier molecular flexibility index (Phi) is 7.88. The van der Waals surface area contributed by atoms with Gasteiger partial charge in [-0.2, -0.15) is 0 Å². The molecule has 0 saturated heterocycles. The summed E-state index contributed by atoms with van der Waals surface area (Å²) in [7, 11) is 1.85. The number of nitrogens with zero attached hydrogens (tertiary/aromatic N) is 1. The van der Waals surface area contributed by atoms with E-state index in [4.69, 9.17) is 11.1 Å². The van der Waals surface area contributed by atoms with E-state index in [0.29, 0.717) is 10.1 Å². The second kappa shape index (κ2) is 8.32. The van der Waals surface area contributed by atoms with Gasteiger partial charge in [-0.3, -0.25) is 10.4 Å². The molecule has 0 aromatic heterocycles. The Morgan fingerprint density at radius 2 is 2.19 bits per heavy atom. The van der Waals surface area contributed by atoms with Gasteiger partial charge >= 0.3 is 0 Å². The van der Waals surface area contributed by atoms with Crippen molar-refractivity contribution in [3.8, 4) is 0 Å². The molecule has 0 heterocycles. The number of nitrogens with two attached hydrogens (primary N) is 1. The molecular formula is C11H19IN4. The summed E-state index contributed by atoms with van der Waals surface area (Å²) in [6, 6.07) is 0. The Balaban J connectivity index is 4.90. The maximum atomic E-state index is 7.71. The first-order valence-corrected chi connectivity index (χ1v) is 6.17. The zero-order valence-corrected chi connectivity index (χ0v) is 12.1. The average molecular weight is 334 g/mol. The summed E-state index contributed by atoms with van der Waals surface area (Å²) < 4.78 is 0.522. The van der Waals surface area contributed by atoms with Gasteiger partial charge < -0.3 is 11.1 Å². The summed E-state index contributed by atoms with van der Waals surface area (Å²) in [6.45, 7) is 4.66. The van der Waals surface area contributed by atoms with Crippen LogP contribution in [0.15, 0.2) is 28.0 Å². The maximum absolute atomic E-state index is 7.71. The van der Waals surface area contributed by atoms with Crippen molar-refractivity contribution in [1.82, 2.24) is 5.32 Å². The minimum Gasteiger partial charge on any atom is -0.404 e. The van der Waals surface area contributed by atoms with Gasteiger partial charge in [0.25, 0.3) is 0 Å². The Bertz CT molecular complexity index is 329. The highest BCUT2D eigenvalue weighted by molar-refractivity contribution is 14.1. The van der Waals surface area contributed by atoms with Crippen LogP contribution in [-0.2, 0) is 0 Å².